The Bertz CT molecular complexity index is 578. The lowest BCUT2D eigenvalue weighted by molar-refractivity contribution is -0.384. The first-order valence-electron chi connectivity index (χ1n) is 6.54. The van der Waals surface area contributed by atoms with Crippen molar-refractivity contribution in [2.75, 3.05) is 18.1 Å². The molecule has 0 aromatic heterocycles. The van der Waals surface area contributed by atoms with Gasteiger partial charge >= 0.3 is 5.97 Å². The Labute approximate surface area is 125 Å². The predicted molar refractivity (Wildman–Crippen MR) is 77.1 cm³/mol. The average molecular weight is 315 g/mol. The number of aromatic carboxylic acids is 1. The molecule has 0 spiro atoms. The first-order chi connectivity index (χ1) is 9.95. The van der Waals surface area contributed by atoms with E-state index in [4.69, 9.17) is 11.6 Å². The molecule has 2 N–H and O–H groups in total. The van der Waals surface area contributed by atoms with Gasteiger partial charge in [0, 0.05) is 18.7 Å². The number of rotatable bonds is 4. The summed E-state index contributed by atoms with van der Waals surface area (Å²) < 4.78 is 0. The van der Waals surface area contributed by atoms with Crippen molar-refractivity contribution in [2.24, 2.45) is 0 Å². The first kappa shape index (κ1) is 15.5. The molecule has 1 atom stereocenters. The Morgan fingerprint density at radius 2 is 2.19 bits per heavy atom. The number of nitro benzene ring substituents is 1. The highest BCUT2D eigenvalue weighted by Gasteiger charge is 2.29. The number of benzene rings is 1. The fraction of sp³-hybridized carbons (Fsp3) is 0.462. The summed E-state index contributed by atoms with van der Waals surface area (Å²) in [5, 5.41) is 29.6. The van der Waals surface area contributed by atoms with Gasteiger partial charge in [-0.2, -0.15) is 0 Å². The highest BCUT2D eigenvalue weighted by atomic mass is 35.5. The van der Waals surface area contributed by atoms with Gasteiger partial charge in [-0.15, -0.1) is 0 Å². The summed E-state index contributed by atoms with van der Waals surface area (Å²) in [4.78, 5) is 23.3. The minimum atomic E-state index is -1.28. The molecule has 0 bridgehead atoms. The molecular weight excluding hydrogens is 300 g/mol. The van der Waals surface area contributed by atoms with Crippen LogP contribution in [0.1, 0.15) is 29.6 Å². The van der Waals surface area contributed by atoms with Crippen LogP contribution in [-0.2, 0) is 0 Å². The van der Waals surface area contributed by atoms with Crippen LogP contribution in [0, 0.1) is 10.1 Å². The van der Waals surface area contributed by atoms with Crippen molar-refractivity contribution in [1.29, 1.82) is 0 Å². The topological polar surface area (TPSA) is 104 Å². The number of piperidine rings is 1. The van der Waals surface area contributed by atoms with Crippen LogP contribution in [0.5, 0.6) is 0 Å². The summed E-state index contributed by atoms with van der Waals surface area (Å²) in [6.45, 7) is 0.440. The van der Waals surface area contributed by atoms with Gasteiger partial charge in [0.05, 0.1) is 33.8 Å². The number of aliphatic hydroxyl groups excluding tert-OH is 1. The summed E-state index contributed by atoms with van der Waals surface area (Å²) in [5.74, 6) is -1.28. The number of nitrogens with zero attached hydrogens (tertiary/aromatic N) is 2. The van der Waals surface area contributed by atoms with E-state index >= 15 is 0 Å². The van der Waals surface area contributed by atoms with E-state index in [9.17, 15) is 25.1 Å². The van der Waals surface area contributed by atoms with Crippen molar-refractivity contribution in [2.45, 2.75) is 25.3 Å². The highest BCUT2D eigenvalue weighted by molar-refractivity contribution is 6.34. The predicted octanol–water partition coefficient (Wildman–Crippen LogP) is 2.30. The van der Waals surface area contributed by atoms with E-state index in [-0.39, 0.29) is 34.6 Å². The van der Waals surface area contributed by atoms with Crippen LogP contribution < -0.4 is 4.90 Å². The lowest BCUT2D eigenvalue weighted by Crippen LogP contribution is -2.42. The van der Waals surface area contributed by atoms with Crippen LogP contribution in [0.3, 0.4) is 0 Å². The summed E-state index contributed by atoms with van der Waals surface area (Å²) >= 11 is 6.09. The Balaban J connectivity index is 2.55. The number of aliphatic hydroxyl groups is 1. The number of anilines is 1. The molecule has 0 aliphatic carbocycles. The summed E-state index contributed by atoms with van der Waals surface area (Å²) in [7, 11) is 0. The van der Waals surface area contributed by atoms with Gasteiger partial charge in [-0.1, -0.05) is 11.6 Å². The van der Waals surface area contributed by atoms with Gasteiger partial charge in [0.25, 0.3) is 5.69 Å². The zero-order chi connectivity index (χ0) is 15.6. The van der Waals surface area contributed by atoms with Gasteiger partial charge in [-0.05, 0) is 19.3 Å². The van der Waals surface area contributed by atoms with Crippen molar-refractivity contribution < 1.29 is 19.9 Å². The second kappa shape index (κ2) is 6.28. The Kier molecular flexibility index (Phi) is 4.64. The lowest BCUT2D eigenvalue weighted by Gasteiger charge is -2.37. The average Bonchev–Trinajstić information content (AvgIpc) is 2.46. The molecule has 0 saturated carbocycles. The van der Waals surface area contributed by atoms with Crippen molar-refractivity contribution in [3.8, 4) is 0 Å². The maximum absolute atomic E-state index is 11.4. The fourth-order valence-electron chi connectivity index (χ4n) is 2.63. The molecule has 114 valence electrons. The third kappa shape index (κ3) is 3.08. The molecule has 1 aliphatic rings. The van der Waals surface area contributed by atoms with Gasteiger partial charge in [0.1, 0.15) is 0 Å². The van der Waals surface area contributed by atoms with Gasteiger partial charge < -0.3 is 15.1 Å². The third-order valence-electron chi connectivity index (χ3n) is 3.61. The number of non-ortho nitro benzene ring substituents is 1. The Morgan fingerprint density at radius 1 is 1.48 bits per heavy atom. The molecule has 1 aliphatic heterocycles. The molecule has 1 fully saturated rings. The smallest absolute Gasteiger partial charge is 0.338 e. The van der Waals surface area contributed by atoms with E-state index in [2.05, 4.69) is 0 Å². The molecule has 2 rings (SSSR count). The second-order valence-corrected chi connectivity index (χ2v) is 5.32. The first-order valence-corrected chi connectivity index (χ1v) is 6.92. The van der Waals surface area contributed by atoms with Crippen LogP contribution in [0.2, 0.25) is 5.02 Å². The molecule has 1 heterocycles. The molecule has 0 radical (unpaired) electrons. The molecular formula is C13H15ClN2O5. The van der Waals surface area contributed by atoms with E-state index in [1.165, 1.54) is 0 Å². The molecule has 8 heteroatoms. The van der Waals surface area contributed by atoms with Crippen LogP contribution in [0.25, 0.3) is 0 Å². The summed E-state index contributed by atoms with van der Waals surface area (Å²) in [6.07, 6.45) is 2.51. The lowest BCUT2D eigenvalue weighted by atomic mass is 10.00. The molecule has 7 nitrogen and oxygen atoms in total. The van der Waals surface area contributed by atoms with Crippen LogP contribution in [0.4, 0.5) is 11.4 Å². The number of nitro groups is 1. The molecule has 0 amide bonds. The zero-order valence-corrected chi connectivity index (χ0v) is 11.9. The number of carboxylic acid groups (broad SMARTS) is 1. The van der Waals surface area contributed by atoms with Crippen LogP contribution >= 0.6 is 11.6 Å². The van der Waals surface area contributed by atoms with Crippen molar-refractivity contribution >= 4 is 28.9 Å². The molecule has 1 saturated heterocycles. The normalized spacial score (nSPS) is 18.6. The minimum absolute atomic E-state index is 0.0157. The number of carbonyl (C=O) groups is 1. The summed E-state index contributed by atoms with van der Waals surface area (Å²) in [5.41, 5.74) is -0.332. The molecule has 21 heavy (non-hydrogen) atoms. The van der Waals surface area contributed by atoms with E-state index < -0.39 is 10.9 Å². The van der Waals surface area contributed by atoms with Crippen LogP contribution in [0.15, 0.2) is 12.1 Å². The van der Waals surface area contributed by atoms with Crippen molar-refractivity contribution in [3.63, 3.8) is 0 Å². The maximum Gasteiger partial charge on any atom is 0.338 e. The Hall–Kier alpha value is -1.86. The number of carboxylic acids is 1. The number of hydrogen-bond donors (Lipinski definition) is 2. The zero-order valence-electron chi connectivity index (χ0n) is 11.2. The minimum Gasteiger partial charge on any atom is -0.478 e. The van der Waals surface area contributed by atoms with Crippen LogP contribution in [-0.4, -0.2) is 40.3 Å². The fourth-order valence-corrected chi connectivity index (χ4v) is 2.95. The van der Waals surface area contributed by atoms with Gasteiger partial charge in [-0.3, -0.25) is 10.1 Å². The number of halogens is 1. The molecule has 1 unspecified atom stereocenters. The largest absolute Gasteiger partial charge is 0.478 e. The monoisotopic (exact) mass is 314 g/mol. The SMILES string of the molecule is O=C(O)c1cc([N+](=O)[O-])cc(Cl)c1N1CCCCC1CO. The maximum atomic E-state index is 11.4. The van der Waals surface area contributed by atoms with E-state index in [1.807, 2.05) is 0 Å². The molecule has 1 aromatic rings. The standard InChI is InChI=1S/C13H15ClN2O5/c14-11-6-9(16(20)21)5-10(13(18)19)12(11)15-4-2-1-3-8(15)7-17/h5-6,8,17H,1-4,7H2,(H,18,19). The Morgan fingerprint density at radius 3 is 2.76 bits per heavy atom. The van der Waals surface area contributed by atoms with E-state index in [1.54, 1.807) is 4.90 Å². The van der Waals surface area contributed by atoms with E-state index in [0.717, 1.165) is 31.4 Å². The van der Waals surface area contributed by atoms with E-state index in [0.29, 0.717) is 6.54 Å². The van der Waals surface area contributed by atoms with Gasteiger partial charge in [0.15, 0.2) is 0 Å². The summed E-state index contributed by atoms with van der Waals surface area (Å²) in [6, 6.07) is 1.93. The van der Waals surface area contributed by atoms with Crippen molar-refractivity contribution in [3.05, 3.63) is 32.8 Å². The molecule has 1 aromatic carbocycles. The van der Waals surface area contributed by atoms with Crippen molar-refractivity contribution in [1.82, 2.24) is 0 Å². The van der Waals surface area contributed by atoms with Gasteiger partial charge in [-0.25, -0.2) is 4.79 Å². The van der Waals surface area contributed by atoms with Gasteiger partial charge in [0.2, 0.25) is 0 Å². The highest BCUT2D eigenvalue weighted by Crippen LogP contribution is 2.37. The quantitative estimate of drug-likeness (QED) is 0.652. The second-order valence-electron chi connectivity index (χ2n) is 4.91. The number of hydrogen-bond acceptors (Lipinski definition) is 5. The third-order valence-corrected chi connectivity index (χ3v) is 3.90.